The van der Waals surface area contributed by atoms with Gasteiger partial charge in [0.05, 0.1) is 10.9 Å². The van der Waals surface area contributed by atoms with Crippen molar-refractivity contribution < 1.29 is 4.79 Å². The molecule has 0 bridgehead atoms. The molecule has 25 heavy (non-hydrogen) atoms. The van der Waals surface area contributed by atoms with Crippen LogP contribution in [0, 0.1) is 6.92 Å². The summed E-state index contributed by atoms with van der Waals surface area (Å²) in [5, 5.41) is 4.78. The molecule has 3 aromatic rings. The minimum Gasteiger partial charge on any atom is -0.333 e. The molecule has 2 aromatic carbocycles. The zero-order valence-electron chi connectivity index (χ0n) is 14.7. The van der Waals surface area contributed by atoms with E-state index < -0.39 is 0 Å². The van der Waals surface area contributed by atoms with Crippen LogP contribution in [0.1, 0.15) is 28.5 Å². The van der Waals surface area contributed by atoms with Crippen molar-refractivity contribution in [3.05, 3.63) is 75.6 Å². The summed E-state index contributed by atoms with van der Waals surface area (Å²) < 4.78 is 1.60. The quantitative estimate of drug-likeness (QED) is 0.737. The average molecular weight is 335 g/mol. The Bertz CT molecular complexity index is 977. The number of benzene rings is 2. The van der Waals surface area contributed by atoms with Crippen LogP contribution in [-0.4, -0.2) is 27.1 Å². The molecule has 0 aliphatic rings. The molecule has 0 N–H and O–H groups in total. The molecule has 0 saturated heterocycles. The monoisotopic (exact) mass is 335 g/mol. The van der Waals surface area contributed by atoms with Crippen LogP contribution in [0.4, 0.5) is 0 Å². The van der Waals surface area contributed by atoms with E-state index in [1.807, 2.05) is 62.4 Å². The van der Waals surface area contributed by atoms with Gasteiger partial charge in [-0.05, 0) is 31.5 Å². The number of carbonyl (C=O) groups is 1. The molecule has 1 amide bonds. The summed E-state index contributed by atoms with van der Waals surface area (Å²) >= 11 is 0. The van der Waals surface area contributed by atoms with Crippen molar-refractivity contribution in [2.45, 2.75) is 20.4 Å². The zero-order valence-corrected chi connectivity index (χ0v) is 14.7. The molecule has 0 saturated carbocycles. The van der Waals surface area contributed by atoms with E-state index in [0.717, 1.165) is 16.6 Å². The molecule has 0 fully saturated rings. The van der Waals surface area contributed by atoms with Crippen molar-refractivity contribution in [1.29, 1.82) is 0 Å². The average Bonchev–Trinajstić information content (AvgIpc) is 2.63. The van der Waals surface area contributed by atoms with Gasteiger partial charge >= 0.3 is 0 Å². The first-order chi connectivity index (χ1) is 12.0. The Hall–Kier alpha value is -2.95. The van der Waals surface area contributed by atoms with Crippen molar-refractivity contribution in [2.24, 2.45) is 7.05 Å². The summed E-state index contributed by atoms with van der Waals surface area (Å²) in [6, 6.07) is 15.3. The van der Waals surface area contributed by atoms with Crippen LogP contribution in [-0.2, 0) is 13.6 Å². The second-order valence-corrected chi connectivity index (χ2v) is 6.13. The summed E-state index contributed by atoms with van der Waals surface area (Å²) in [5.41, 5.74) is 2.38. The highest BCUT2D eigenvalue weighted by Crippen LogP contribution is 2.13. The number of rotatable bonds is 4. The standard InChI is InChI=1S/C20H21N3O2/c1-4-23(13-15-8-6-5-7-9-15)20(25)18-19(24)16-12-14(2)10-11-17(16)22(3)21-18/h5-12H,4,13H2,1-3H3. The third-order valence-electron chi connectivity index (χ3n) is 4.30. The molecular weight excluding hydrogens is 314 g/mol. The van der Waals surface area contributed by atoms with Crippen LogP contribution in [0.3, 0.4) is 0 Å². The summed E-state index contributed by atoms with van der Waals surface area (Å²) in [4.78, 5) is 27.4. The van der Waals surface area contributed by atoms with Crippen LogP contribution in [0.5, 0.6) is 0 Å². The van der Waals surface area contributed by atoms with Crippen molar-refractivity contribution in [3.8, 4) is 0 Å². The Morgan fingerprint density at radius 2 is 1.88 bits per heavy atom. The molecule has 1 aromatic heterocycles. The highest BCUT2D eigenvalue weighted by atomic mass is 16.2. The SMILES string of the molecule is CCN(Cc1ccccc1)C(=O)c1nn(C)c2ccc(C)cc2c1=O. The molecule has 0 radical (unpaired) electrons. The van der Waals surface area contributed by atoms with Gasteiger partial charge in [0.1, 0.15) is 0 Å². The smallest absolute Gasteiger partial charge is 0.278 e. The molecule has 0 unspecified atom stereocenters. The molecule has 0 spiro atoms. The van der Waals surface area contributed by atoms with E-state index in [1.165, 1.54) is 0 Å². The van der Waals surface area contributed by atoms with Crippen LogP contribution < -0.4 is 5.43 Å². The van der Waals surface area contributed by atoms with Crippen LogP contribution in [0.2, 0.25) is 0 Å². The molecule has 5 nitrogen and oxygen atoms in total. The van der Waals surface area contributed by atoms with Crippen molar-refractivity contribution in [1.82, 2.24) is 14.7 Å². The maximum absolute atomic E-state index is 12.9. The van der Waals surface area contributed by atoms with Crippen LogP contribution >= 0.6 is 0 Å². The largest absolute Gasteiger partial charge is 0.333 e. The van der Waals surface area contributed by atoms with E-state index in [1.54, 1.807) is 16.6 Å². The fourth-order valence-electron chi connectivity index (χ4n) is 2.91. The molecule has 3 rings (SSSR count). The second kappa shape index (κ2) is 6.89. The van der Waals surface area contributed by atoms with Gasteiger partial charge in [0.15, 0.2) is 5.69 Å². The summed E-state index contributed by atoms with van der Waals surface area (Å²) in [5.74, 6) is -0.338. The Kier molecular flexibility index (Phi) is 4.65. The first-order valence-corrected chi connectivity index (χ1v) is 8.32. The van der Waals surface area contributed by atoms with Crippen molar-refractivity contribution in [2.75, 3.05) is 6.54 Å². The lowest BCUT2D eigenvalue weighted by Gasteiger charge is -2.20. The molecule has 0 aliphatic carbocycles. The van der Waals surface area contributed by atoms with Gasteiger partial charge in [0.25, 0.3) is 5.91 Å². The minimum absolute atomic E-state index is 0.0293. The zero-order chi connectivity index (χ0) is 18.0. The van der Waals surface area contributed by atoms with Crippen LogP contribution in [0.25, 0.3) is 10.9 Å². The predicted molar refractivity (Wildman–Crippen MR) is 98.6 cm³/mol. The predicted octanol–water partition coefficient (Wildman–Crippen LogP) is 2.90. The Morgan fingerprint density at radius 1 is 1.16 bits per heavy atom. The molecule has 0 aliphatic heterocycles. The maximum atomic E-state index is 12.9. The third-order valence-corrected chi connectivity index (χ3v) is 4.30. The van der Waals surface area contributed by atoms with E-state index in [4.69, 9.17) is 0 Å². The van der Waals surface area contributed by atoms with Gasteiger partial charge in [-0.1, -0.05) is 42.0 Å². The summed E-state index contributed by atoms with van der Waals surface area (Å²) in [6.45, 7) is 4.78. The van der Waals surface area contributed by atoms with E-state index in [0.29, 0.717) is 18.5 Å². The Morgan fingerprint density at radius 3 is 2.56 bits per heavy atom. The highest BCUT2D eigenvalue weighted by Gasteiger charge is 2.21. The van der Waals surface area contributed by atoms with Crippen LogP contribution in [0.15, 0.2) is 53.3 Å². The topological polar surface area (TPSA) is 55.2 Å². The lowest BCUT2D eigenvalue weighted by atomic mass is 10.1. The van der Waals surface area contributed by atoms with E-state index in [-0.39, 0.29) is 17.0 Å². The molecular formula is C20H21N3O2. The Balaban J connectivity index is 2.03. The molecule has 128 valence electrons. The van der Waals surface area contributed by atoms with Gasteiger partial charge in [0, 0.05) is 20.1 Å². The van der Waals surface area contributed by atoms with Gasteiger partial charge in [-0.2, -0.15) is 5.10 Å². The van der Waals surface area contributed by atoms with Gasteiger partial charge in [-0.15, -0.1) is 0 Å². The summed E-state index contributed by atoms with van der Waals surface area (Å²) in [7, 11) is 1.75. The maximum Gasteiger partial charge on any atom is 0.278 e. The normalized spacial score (nSPS) is 10.8. The van der Waals surface area contributed by atoms with E-state index >= 15 is 0 Å². The molecule has 1 heterocycles. The number of hydrogen-bond acceptors (Lipinski definition) is 3. The number of nitrogens with zero attached hydrogens (tertiary/aromatic N) is 3. The second-order valence-electron chi connectivity index (χ2n) is 6.13. The first kappa shape index (κ1) is 16.9. The number of aromatic nitrogens is 2. The molecule has 0 atom stereocenters. The number of hydrogen-bond donors (Lipinski definition) is 0. The fraction of sp³-hybridized carbons (Fsp3) is 0.250. The number of fused-ring (bicyclic) bond motifs is 1. The van der Waals surface area contributed by atoms with Crippen molar-refractivity contribution >= 4 is 16.8 Å². The van der Waals surface area contributed by atoms with Gasteiger partial charge in [-0.3, -0.25) is 14.3 Å². The number of carbonyl (C=O) groups excluding carboxylic acids is 1. The number of aryl methyl sites for hydroxylation is 2. The third kappa shape index (κ3) is 3.31. The van der Waals surface area contributed by atoms with Gasteiger partial charge < -0.3 is 4.90 Å². The highest BCUT2D eigenvalue weighted by molar-refractivity contribution is 5.95. The van der Waals surface area contributed by atoms with E-state index in [9.17, 15) is 9.59 Å². The fourth-order valence-corrected chi connectivity index (χ4v) is 2.91. The number of amides is 1. The first-order valence-electron chi connectivity index (χ1n) is 8.32. The minimum atomic E-state index is -0.338. The van der Waals surface area contributed by atoms with Crippen molar-refractivity contribution in [3.63, 3.8) is 0 Å². The van der Waals surface area contributed by atoms with E-state index in [2.05, 4.69) is 5.10 Å². The summed E-state index contributed by atoms with van der Waals surface area (Å²) in [6.07, 6.45) is 0. The Labute approximate surface area is 146 Å². The van der Waals surface area contributed by atoms with Gasteiger partial charge in [-0.25, -0.2) is 0 Å². The van der Waals surface area contributed by atoms with Gasteiger partial charge in [0.2, 0.25) is 5.43 Å². The lowest BCUT2D eigenvalue weighted by Crippen LogP contribution is -2.35. The molecule has 5 heteroatoms. The lowest BCUT2D eigenvalue weighted by molar-refractivity contribution is 0.0743.